The molecule has 0 unspecified atom stereocenters. The third-order valence-corrected chi connectivity index (χ3v) is 5.19. The number of urea groups is 1. The van der Waals surface area contributed by atoms with Crippen LogP contribution in [0.25, 0.3) is 0 Å². The molecular formula is C16H23N3O5S. The molecule has 8 nitrogen and oxygen atoms in total. The van der Waals surface area contributed by atoms with Gasteiger partial charge in [-0.25, -0.2) is 4.79 Å². The van der Waals surface area contributed by atoms with Gasteiger partial charge < -0.3 is 10.1 Å². The molecule has 9 heteroatoms. The number of hydrogen-bond donors (Lipinski definition) is 2. The molecule has 0 radical (unpaired) electrons. The molecule has 2 rings (SSSR count). The molecule has 3 amide bonds. The average Bonchev–Trinajstić information content (AvgIpc) is 2.87. The molecule has 2 N–H and O–H groups in total. The molecule has 0 aliphatic heterocycles. The summed E-state index contributed by atoms with van der Waals surface area (Å²) in [5, 5.41) is 6.57. The first kappa shape index (κ1) is 19.2. The summed E-state index contributed by atoms with van der Waals surface area (Å²) in [5.41, 5.74) is 0.650. The summed E-state index contributed by atoms with van der Waals surface area (Å²) in [6, 6.07) is -0.526. The van der Waals surface area contributed by atoms with Gasteiger partial charge in [-0.15, -0.1) is 0 Å². The van der Waals surface area contributed by atoms with E-state index in [0.29, 0.717) is 11.6 Å². The van der Waals surface area contributed by atoms with E-state index in [1.807, 2.05) is 0 Å². The van der Waals surface area contributed by atoms with Crippen molar-refractivity contribution in [1.82, 2.24) is 15.2 Å². The van der Waals surface area contributed by atoms with E-state index >= 15 is 0 Å². The summed E-state index contributed by atoms with van der Waals surface area (Å²) >= 11 is 0.990. The van der Waals surface area contributed by atoms with Crippen LogP contribution in [0.1, 0.15) is 38.3 Å². The number of carbonyl (C=O) groups excluding carboxylic acids is 3. The van der Waals surface area contributed by atoms with Crippen molar-refractivity contribution < 1.29 is 19.1 Å². The predicted octanol–water partition coefficient (Wildman–Crippen LogP) is 1.17. The lowest BCUT2D eigenvalue weighted by Crippen LogP contribution is -2.48. The van der Waals surface area contributed by atoms with E-state index in [1.54, 1.807) is 12.3 Å². The molecule has 0 spiro atoms. The van der Waals surface area contributed by atoms with Crippen LogP contribution in [-0.4, -0.2) is 35.1 Å². The molecule has 1 heterocycles. The van der Waals surface area contributed by atoms with Crippen molar-refractivity contribution in [3.05, 3.63) is 20.7 Å². The highest BCUT2D eigenvalue weighted by Gasteiger charge is 2.23. The fourth-order valence-electron chi connectivity index (χ4n) is 2.81. The summed E-state index contributed by atoms with van der Waals surface area (Å²) in [5.74, 6) is -1.04. The van der Waals surface area contributed by atoms with Crippen molar-refractivity contribution in [2.45, 2.75) is 52.1 Å². The summed E-state index contributed by atoms with van der Waals surface area (Å²) in [7, 11) is 0. The standard InChI is InChI=1S/C16H23N3O5S/c1-10-5-3-4-6-12(10)17-15(22)18-13(20)8-24-14(21)7-19-11(2)9-25-16(19)23/h9-10,12H,3-8H2,1-2H3,(H2,17,18,20,22)/t10-,12-/m0/s1. The van der Waals surface area contributed by atoms with E-state index in [0.717, 1.165) is 37.0 Å². The van der Waals surface area contributed by atoms with Gasteiger partial charge in [0.05, 0.1) is 0 Å². The smallest absolute Gasteiger partial charge is 0.326 e. The Balaban J connectivity index is 1.71. The van der Waals surface area contributed by atoms with Crippen molar-refractivity contribution in [3.63, 3.8) is 0 Å². The van der Waals surface area contributed by atoms with Crippen molar-refractivity contribution in [2.24, 2.45) is 5.92 Å². The second kappa shape index (κ2) is 8.80. The van der Waals surface area contributed by atoms with Gasteiger partial charge in [0, 0.05) is 17.1 Å². The normalized spacial score (nSPS) is 19.9. The molecule has 1 fully saturated rings. The lowest BCUT2D eigenvalue weighted by molar-refractivity contribution is -0.148. The maximum absolute atomic E-state index is 11.8. The number of nitrogens with one attached hydrogen (secondary N) is 2. The van der Waals surface area contributed by atoms with E-state index in [9.17, 15) is 19.2 Å². The minimum absolute atomic E-state index is 0.0533. The molecule has 1 aliphatic carbocycles. The molecule has 138 valence electrons. The van der Waals surface area contributed by atoms with Crippen LogP contribution in [-0.2, 0) is 20.9 Å². The molecule has 1 aliphatic rings. The van der Waals surface area contributed by atoms with Gasteiger partial charge in [-0.3, -0.25) is 24.3 Å². The summed E-state index contributed by atoms with van der Waals surface area (Å²) in [6.45, 7) is 2.95. The predicted molar refractivity (Wildman–Crippen MR) is 92.4 cm³/mol. The first-order valence-electron chi connectivity index (χ1n) is 8.27. The molecule has 0 bridgehead atoms. The van der Waals surface area contributed by atoms with Crippen LogP contribution in [0.3, 0.4) is 0 Å². The maximum Gasteiger partial charge on any atom is 0.326 e. The molecular weight excluding hydrogens is 346 g/mol. The topological polar surface area (TPSA) is 106 Å². The van der Waals surface area contributed by atoms with Crippen molar-refractivity contribution in [3.8, 4) is 0 Å². The number of carbonyl (C=O) groups is 3. The van der Waals surface area contributed by atoms with Gasteiger partial charge in [0.15, 0.2) is 6.61 Å². The SMILES string of the molecule is Cc1csc(=O)n1CC(=O)OCC(=O)NC(=O)N[C@H]1CCCC[C@@H]1C. The minimum Gasteiger partial charge on any atom is -0.454 e. The van der Waals surface area contributed by atoms with Crippen LogP contribution in [0.15, 0.2) is 10.2 Å². The summed E-state index contributed by atoms with van der Waals surface area (Å²) in [6.07, 6.45) is 4.16. The fourth-order valence-corrected chi connectivity index (χ4v) is 3.55. The monoisotopic (exact) mass is 369 g/mol. The third-order valence-electron chi connectivity index (χ3n) is 4.31. The maximum atomic E-state index is 11.8. The number of rotatable bonds is 5. The Bertz CT molecular complexity index is 696. The van der Waals surface area contributed by atoms with Crippen LogP contribution in [0.5, 0.6) is 0 Å². The molecule has 1 aromatic heterocycles. The highest BCUT2D eigenvalue weighted by atomic mass is 32.1. The van der Waals surface area contributed by atoms with Crippen molar-refractivity contribution >= 4 is 29.2 Å². The van der Waals surface area contributed by atoms with Crippen LogP contribution >= 0.6 is 11.3 Å². The van der Waals surface area contributed by atoms with Crippen molar-refractivity contribution in [1.29, 1.82) is 0 Å². The number of amides is 3. The molecule has 1 saturated carbocycles. The lowest BCUT2D eigenvalue weighted by Gasteiger charge is -2.29. The van der Waals surface area contributed by atoms with E-state index < -0.39 is 24.5 Å². The summed E-state index contributed by atoms with van der Waals surface area (Å²) < 4.78 is 6.08. The first-order valence-corrected chi connectivity index (χ1v) is 9.15. The highest BCUT2D eigenvalue weighted by Crippen LogP contribution is 2.23. The zero-order valence-electron chi connectivity index (χ0n) is 14.4. The van der Waals surface area contributed by atoms with Crippen LogP contribution in [0.4, 0.5) is 4.79 Å². The molecule has 25 heavy (non-hydrogen) atoms. The van der Waals surface area contributed by atoms with Gasteiger partial charge in [-0.2, -0.15) is 0 Å². The Morgan fingerprint density at radius 3 is 2.68 bits per heavy atom. The van der Waals surface area contributed by atoms with Crippen LogP contribution in [0.2, 0.25) is 0 Å². The molecule has 0 saturated heterocycles. The number of ether oxygens (including phenoxy) is 1. The van der Waals surface area contributed by atoms with E-state index in [-0.39, 0.29) is 17.5 Å². The number of esters is 1. The number of aromatic nitrogens is 1. The van der Waals surface area contributed by atoms with Gasteiger partial charge in [-0.05, 0) is 25.7 Å². The lowest BCUT2D eigenvalue weighted by atomic mass is 9.86. The Hall–Kier alpha value is -2.16. The quantitative estimate of drug-likeness (QED) is 0.758. The zero-order valence-corrected chi connectivity index (χ0v) is 15.2. The second-order valence-electron chi connectivity index (χ2n) is 6.28. The van der Waals surface area contributed by atoms with Gasteiger partial charge in [0.25, 0.3) is 5.91 Å². The fraction of sp³-hybridized carbons (Fsp3) is 0.625. The van der Waals surface area contributed by atoms with E-state index in [1.165, 1.54) is 4.57 Å². The van der Waals surface area contributed by atoms with Crippen LogP contribution < -0.4 is 15.5 Å². The zero-order chi connectivity index (χ0) is 18.4. The molecule has 0 aromatic carbocycles. The number of nitrogens with zero attached hydrogens (tertiary/aromatic N) is 1. The average molecular weight is 369 g/mol. The van der Waals surface area contributed by atoms with Gasteiger partial charge >= 0.3 is 16.9 Å². The number of hydrogen-bond acceptors (Lipinski definition) is 6. The highest BCUT2D eigenvalue weighted by molar-refractivity contribution is 7.07. The molecule has 1 aromatic rings. The summed E-state index contributed by atoms with van der Waals surface area (Å²) in [4.78, 5) is 46.5. The van der Waals surface area contributed by atoms with E-state index in [2.05, 4.69) is 17.6 Å². The number of imide groups is 1. The Labute approximate surface area is 149 Å². The Kier molecular flexibility index (Phi) is 6.74. The number of thiazole rings is 1. The Morgan fingerprint density at radius 2 is 2.04 bits per heavy atom. The Morgan fingerprint density at radius 1 is 1.32 bits per heavy atom. The largest absolute Gasteiger partial charge is 0.454 e. The number of aryl methyl sites for hydroxylation is 1. The third kappa shape index (κ3) is 5.70. The minimum atomic E-state index is -0.708. The second-order valence-corrected chi connectivity index (χ2v) is 7.10. The van der Waals surface area contributed by atoms with Gasteiger partial charge in [0.1, 0.15) is 6.54 Å². The van der Waals surface area contributed by atoms with Gasteiger partial charge in [0.2, 0.25) is 0 Å². The molecule has 2 atom stereocenters. The van der Waals surface area contributed by atoms with Crippen LogP contribution in [0, 0.1) is 12.8 Å². The van der Waals surface area contributed by atoms with E-state index in [4.69, 9.17) is 4.74 Å². The van der Waals surface area contributed by atoms with Crippen molar-refractivity contribution in [2.75, 3.05) is 6.61 Å². The first-order chi connectivity index (χ1) is 11.9. The van der Waals surface area contributed by atoms with Gasteiger partial charge in [-0.1, -0.05) is 31.1 Å².